The molecule has 2 aromatic rings. The largest absolute Gasteiger partial charge is 0.497 e. The molecule has 0 heterocycles. The van der Waals surface area contributed by atoms with Crippen molar-refractivity contribution in [3.8, 4) is 5.75 Å². The number of methoxy groups -OCH3 is 1. The van der Waals surface area contributed by atoms with Crippen LogP contribution in [0.2, 0.25) is 0 Å². The normalized spacial score (nSPS) is 12.0. The maximum Gasteiger partial charge on any atom is 0.146 e. The molecule has 0 aliphatic carbocycles. The van der Waals surface area contributed by atoms with Gasteiger partial charge in [0.15, 0.2) is 0 Å². The van der Waals surface area contributed by atoms with Crippen LogP contribution in [0.1, 0.15) is 11.6 Å². The highest BCUT2D eigenvalue weighted by Gasteiger charge is 2.15. The molecule has 106 valence electrons. The van der Waals surface area contributed by atoms with Gasteiger partial charge >= 0.3 is 0 Å². The number of halogens is 2. The van der Waals surface area contributed by atoms with E-state index in [4.69, 9.17) is 10.5 Å². The smallest absolute Gasteiger partial charge is 0.146 e. The van der Waals surface area contributed by atoms with Crippen LogP contribution in [-0.2, 0) is 0 Å². The van der Waals surface area contributed by atoms with Gasteiger partial charge in [-0.1, -0.05) is 18.2 Å². The Morgan fingerprint density at radius 1 is 1.15 bits per heavy atom. The monoisotopic (exact) mass is 278 g/mol. The van der Waals surface area contributed by atoms with Gasteiger partial charge in [0, 0.05) is 18.2 Å². The molecule has 3 nitrogen and oxygen atoms in total. The molecular formula is C15H16F2N2O. The van der Waals surface area contributed by atoms with Crippen molar-refractivity contribution in [3.05, 3.63) is 59.7 Å². The third-order valence-corrected chi connectivity index (χ3v) is 3.02. The first-order chi connectivity index (χ1) is 9.65. The summed E-state index contributed by atoms with van der Waals surface area (Å²) in [5.41, 5.74) is 6.28. The molecule has 0 aliphatic rings. The fraction of sp³-hybridized carbons (Fsp3) is 0.200. The summed E-state index contributed by atoms with van der Waals surface area (Å²) in [6.45, 7) is 0.136. The van der Waals surface area contributed by atoms with Gasteiger partial charge < -0.3 is 15.8 Å². The van der Waals surface area contributed by atoms with Crippen LogP contribution in [0.5, 0.6) is 5.75 Å². The highest BCUT2D eigenvalue weighted by Crippen LogP contribution is 2.26. The van der Waals surface area contributed by atoms with Crippen LogP contribution in [0.15, 0.2) is 42.5 Å². The lowest BCUT2D eigenvalue weighted by atomic mass is 10.1. The molecule has 0 saturated carbocycles. The maximum absolute atomic E-state index is 13.8. The van der Waals surface area contributed by atoms with Crippen molar-refractivity contribution in [1.82, 2.24) is 0 Å². The topological polar surface area (TPSA) is 47.3 Å². The lowest BCUT2D eigenvalue weighted by Gasteiger charge is -2.20. The minimum Gasteiger partial charge on any atom is -0.497 e. The first kappa shape index (κ1) is 14.3. The van der Waals surface area contributed by atoms with Gasteiger partial charge in [-0.3, -0.25) is 0 Å². The van der Waals surface area contributed by atoms with Crippen LogP contribution >= 0.6 is 0 Å². The SMILES string of the molecule is COc1ccc(F)c(NC(CN)c2ccccc2F)c1. The fourth-order valence-electron chi connectivity index (χ4n) is 1.95. The highest BCUT2D eigenvalue weighted by atomic mass is 19.1. The average Bonchev–Trinajstić information content (AvgIpc) is 2.47. The summed E-state index contributed by atoms with van der Waals surface area (Å²) in [4.78, 5) is 0. The van der Waals surface area contributed by atoms with Crippen LogP contribution in [-0.4, -0.2) is 13.7 Å². The Labute approximate surface area is 116 Å². The Morgan fingerprint density at radius 2 is 1.90 bits per heavy atom. The van der Waals surface area contributed by atoms with Gasteiger partial charge in [-0.25, -0.2) is 8.78 Å². The summed E-state index contributed by atoms with van der Waals surface area (Å²) >= 11 is 0. The Morgan fingerprint density at radius 3 is 2.55 bits per heavy atom. The minimum atomic E-state index is -0.516. The zero-order chi connectivity index (χ0) is 14.5. The molecule has 2 rings (SSSR count). The molecule has 5 heteroatoms. The number of rotatable bonds is 5. The zero-order valence-electron chi connectivity index (χ0n) is 11.1. The second-order valence-electron chi connectivity index (χ2n) is 4.30. The van der Waals surface area contributed by atoms with Crippen molar-refractivity contribution in [2.24, 2.45) is 5.73 Å². The molecule has 1 atom stereocenters. The van der Waals surface area contributed by atoms with E-state index in [-0.39, 0.29) is 18.0 Å². The van der Waals surface area contributed by atoms with Gasteiger partial charge in [0.2, 0.25) is 0 Å². The molecule has 1 unspecified atom stereocenters. The van der Waals surface area contributed by atoms with Crippen molar-refractivity contribution < 1.29 is 13.5 Å². The fourth-order valence-corrected chi connectivity index (χ4v) is 1.95. The van der Waals surface area contributed by atoms with Crippen molar-refractivity contribution in [2.45, 2.75) is 6.04 Å². The van der Waals surface area contributed by atoms with Crippen molar-refractivity contribution in [1.29, 1.82) is 0 Å². The first-order valence-corrected chi connectivity index (χ1v) is 6.20. The van der Waals surface area contributed by atoms with E-state index < -0.39 is 11.9 Å². The lowest BCUT2D eigenvalue weighted by molar-refractivity contribution is 0.414. The Hall–Kier alpha value is -2.14. The minimum absolute atomic E-state index is 0.136. The summed E-state index contributed by atoms with van der Waals surface area (Å²) in [6, 6.07) is 10.1. The van der Waals surface area contributed by atoms with E-state index in [1.807, 2.05) is 0 Å². The standard InChI is InChI=1S/C15H16F2N2O/c1-20-10-6-7-13(17)14(8-10)19-15(9-18)11-4-2-3-5-12(11)16/h2-8,15,19H,9,18H2,1H3. The number of anilines is 1. The Kier molecular flexibility index (Phi) is 4.53. The molecule has 0 radical (unpaired) electrons. The third kappa shape index (κ3) is 3.05. The Bertz CT molecular complexity index is 590. The van der Waals surface area contributed by atoms with Crippen LogP contribution in [0.4, 0.5) is 14.5 Å². The third-order valence-electron chi connectivity index (χ3n) is 3.02. The molecule has 3 N–H and O–H groups in total. The highest BCUT2D eigenvalue weighted by molar-refractivity contribution is 5.51. The number of nitrogens with two attached hydrogens (primary N) is 1. The molecule has 0 bridgehead atoms. The van der Waals surface area contributed by atoms with Gasteiger partial charge in [0.1, 0.15) is 17.4 Å². The van der Waals surface area contributed by atoms with E-state index in [1.165, 1.54) is 31.4 Å². The molecule has 0 spiro atoms. The van der Waals surface area contributed by atoms with Crippen LogP contribution < -0.4 is 15.8 Å². The number of hydrogen-bond acceptors (Lipinski definition) is 3. The molecule has 0 amide bonds. The van der Waals surface area contributed by atoms with Crippen LogP contribution in [0.3, 0.4) is 0 Å². The van der Waals surface area contributed by atoms with Gasteiger partial charge in [-0.15, -0.1) is 0 Å². The zero-order valence-corrected chi connectivity index (χ0v) is 11.1. The van der Waals surface area contributed by atoms with Gasteiger partial charge in [0.25, 0.3) is 0 Å². The predicted octanol–water partition coefficient (Wildman–Crippen LogP) is 3.09. The molecular weight excluding hydrogens is 262 g/mol. The maximum atomic E-state index is 13.8. The van der Waals surface area contributed by atoms with E-state index in [1.54, 1.807) is 18.2 Å². The molecule has 20 heavy (non-hydrogen) atoms. The van der Waals surface area contributed by atoms with Crippen molar-refractivity contribution >= 4 is 5.69 Å². The van der Waals surface area contributed by atoms with E-state index >= 15 is 0 Å². The first-order valence-electron chi connectivity index (χ1n) is 6.20. The van der Waals surface area contributed by atoms with Gasteiger partial charge in [-0.05, 0) is 18.2 Å². The molecule has 0 aliphatic heterocycles. The average molecular weight is 278 g/mol. The number of ether oxygens (including phenoxy) is 1. The second-order valence-corrected chi connectivity index (χ2v) is 4.30. The van der Waals surface area contributed by atoms with Crippen LogP contribution in [0.25, 0.3) is 0 Å². The summed E-state index contributed by atoms with van der Waals surface area (Å²) in [7, 11) is 1.49. The predicted molar refractivity (Wildman–Crippen MR) is 74.8 cm³/mol. The summed E-state index contributed by atoms with van der Waals surface area (Å²) in [5, 5.41) is 2.91. The summed E-state index contributed by atoms with van der Waals surface area (Å²) < 4.78 is 32.6. The number of hydrogen-bond donors (Lipinski definition) is 2. The van der Waals surface area contributed by atoms with Crippen molar-refractivity contribution in [2.75, 3.05) is 19.0 Å². The molecule has 2 aromatic carbocycles. The molecule has 0 aromatic heterocycles. The number of nitrogens with one attached hydrogen (secondary N) is 1. The van der Waals surface area contributed by atoms with E-state index in [2.05, 4.69) is 5.32 Å². The molecule has 0 saturated heterocycles. The van der Waals surface area contributed by atoms with Gasteiger partial charge in [0.05, 0.1) is 18.8 Å². The summed E-state index contributed by atoms with van der Waals surface area (Å²) in [5.74, 6) is -0.308. The van der Waals surface area contributed by atoms with Gasteiger partial charge in [-0.2, -0.15) is 0 Å². The second kappa shape index (κ2) is 6.34. The van der Waals surface area contributed by atoms with E-state index in [0.29, 0.717) is 11.3 Å². The summed E-state index contributed by atoms with van der Waals surface area (Å²) in [6.07, 6.45) is 0. The molecule has 0 fully saturated rings. The lowest BCUT2D eigenvalue weighted by Crippen LogP contribution is -2.22. The van der Waals surface area contributed by atoms with E-state index in [9.17, 15) is 8.78 Å². The van der Waals surface area contributed by atoms with E-state index in [0.717, 1.165) is 0 Å². The van der Waals surface area contributed by atoms with Crippen molar-refractivity contribution in [3.63, 3.8) is 0 Å². The Balaban J connectivity index is 2.29. The number of benzene rings is 2. The quantitative estimate of drug-likeness (QED) is 0.883. The van der Waals surface area contributed by atoms with Crippen LogP contribution in [0, 0.1) is 11.6 Å².